The highest BCUT2D eigenvalue weighted by atomic mass is 16.1. The number of hydrogen-bond acceptors (Lipinski definition) is 7. The molecule has 0 saturated carbocycles. The summed E-state index contributed by atoms with van der Waals surface area (Å²) >= 11 is 0. The number of aromatic nitrogens is 4. The molecule has 1 unspecified atom stereocenters. The minimum Gasteiger partial charge on any atom is -0.382 e. The number of pyridine rings is 2. The van der Waals surface area contributed by atoms with Crippen molar-refractivity contribution in [1.82, 2.24) is 19.1 Å². The Hall–Kier alpha value is -4.45. The first kappa shape index (κ1) is 22.7. The molecule has 4 aromatic rings. The zero-order valence-corrected chi connectivity index (χ0v) is 19.4. The Kier molecular flexibility index (Phi) is 5.90. The number of aryl methyl sites for hydroxylation is 1. The zero-order valence-electron chi connectivity index (χ0n) is 19.4. The molecule has 0 radical (unpaired) electrons. The summed E-state index contributed by atoms with van der Waals surface area (Å²) in [7, 11) is 1.68. The summed E-state index contributed by atoms with van der Waals surface area (Å²) in [6, 6.07) is 12.4. The number of anilines is 2. The maximum Gasteiger partial charge on any atom is 0.259 e. The van der Waals surface area contributed by atoms with Gasteiger partial charge in [-0.15, -0.1) is 0 Å². The van der Waals surface area contributed by atoms with Gasteiger partial charge in [0.2, 0.25) is 5.56 Å². The Bertz CT molecular complexity index is 1560. The number of rotatable bonds is 5. The molecule has 1 aromatic carbocycles. The second-order valence-electron chi connectivity index (χ2n) is 8.44. The van der Waals surface area contributed by atoms with Crippen LogP contribution < -0.4 is 22.2 Å². The molecule has 0 aliphatic heterocycles. The number of nitrogens with zero attached hydrogens (tertiary/aromatic N) is 5. The number of fused-ring (bicyclic) bond motifs is 1. The molecule has 172 valence electrons. The SMILES string of the molecule is CC(Nc1ncnc(N)c1C#N)c1cc2cccc(-c3ccc(=O)n(C)c3)c2c(=O)n1C(C)C. The van der Waals surface area contributed by atoms with Crippen LogP contribution in [0.25, 0.3) is 21.9 Å². The van der Waals surface area contributed by atoms with E-state index < -0.39 is 0 Å². The Morgan fingerprint density at radius 2 is 1.88 bits per heavy atom. The van der Waals surface area contributed by atoms with Crippen LogP contribution in [0, 0.1) is 11.3 Å². The van der Waals surface area contributed by atoms with Crippen LogP contribution in [-0.4, -0.2) is 19.1 Å². The van der Waals surface area contributed by atoms with E-state index >= 15 is 0 Å². The highest BCUT2D eigenvalue weighted by Crippen LogP contribution is 2.30. The van der Waals surface area contributed by atoms with Gasteiger partial charge < -0.3 is 20.2 Å². The summed E-state index contributed by atoms with van der Waals surface area (Å²) in [5.74, 6) is 0.401. The lowest BCUT2D eigenvalue weighted by atomic mass is 9.98. The summed E-state index contributed by atoms with van der Waals surface area (Å²) in [5.41, 5.74) is 8.02. The van der Waals surface area contributed by atoms with Gasteiger partial charge in [-0.05, 0) is 49.4 Å². The van der Waals surface area contributed by atoms with E-state index in [9.17, 15) is 14.9 Å². The Labute approximate surface area is 196 Å². The molecule has 3 heterocycles. The second kappa shape index (κ2) is 8.83. The average molecular weight is 456 g/mol. The minimum atomic E-state index is -0.359. The van der Waals surface area contributed by atoms with E-state index in [2.05, 4.69) is 15.3 Å². The van der Waals surface area contributed by atoms with Crippen LogP contribution in [0.2, 0.25) is 0 Å². The number of nitrogen functional groups attached to an aromatic ring is 1. The van der Waals surface area contributed by atoms with E-state index in [4.69, 9.17) is 5.73 Å². The van der Waals surface area contributed by atoms with E-state index in [-0.39, 0.29) is 34.6 Å². The Balaban J connectivity index is 1.91. The lowest BCUT2D eigenvalue weighted by molar-refractivity contribution is 0.541. The van der Waals surface area contributed by atoms with Crippen molar-refractivity contribution in [2.75, 3.05) is 11.1 Å². The van der Waals surface area contributed by atoms with Gasteiger partial charge in [-0.3, -0.25) is 9.59 Å². The molecule has 0 bridgehead atoms. The molecule has 0 aliphatic rings. The largest absolute Gasteiger partial charge is 0.382 e. The van der Waals surface area contributed by atoms with E-state index in [0.29, 0.717) is 11.2 Å². The smallest absolute Gasteiger partial charge is 0.259 e. The van der Waals surface area contributed by atoms with Gasteiger partial charge in [0, 0.05) is 31.0 Å². The highest BCUT2D eigenvalue weighted by molar-refractivity contribution is 5.96. The van der Waals surface area contributed by atoms with E-state index in [1.807, 2.05) is 51.1 Å². The quantitative estimate of drug-likeness (QED) is 0.471. The molecular weight excluding hydrogens is 430 g/mol. The van der Waals surface area contributed by atoms with Crippen LogP contribution in [0.3, 0.4) is 0 Å². The first-order chi connectivity index (χ1) is 16.2. The molecule has 0 spiro atoms. The van der Waals surface area contributed by atoms with Crippen molar-refractivity contribution in [3.8, 4) is 17.2 Å². The summed E-state index contributed by atoms with van der Waals surface area (Å²) in [6.07, 6.45) is 3.03. The number of benzene rings is 1. The fourth-order valence-electron chi connectivity index (χ4n) is 4.15. The normalized spacial score (nSPS) is 12.0. The Morgan fingerprint density at radius 1 is 1.12 bits per heavy atom. The molecule has 0 aliphatic carbocycles. The monoisotopic (exact) mass is 455 g/mol. The first-order valence-corrected chi connectivity index (χ1v) is 10.8. The lowest BCUT2D eigenvalue weighted by Crippen LogP contribution is -2.29. The third-order valence-electron chi connectivity index (χ3n) is 5.81. The van der Waals surface area contributed by atoms with Gasteiger partial charge in [-0.25, -0.2) is 9.97 Å². The summed E-state index contributed by atoms with van der Waals surface area (Å²) in [5, 5.41) is 14.0. The van der Waals surface area contributed by atoms with Crippen LogP contribution in [-0.2, 0) is 7.05 Å². The fourth-order valence-corrected chi connectivity index (χ4v) is 4.15. The minimum absolute atomic E-state index is 0.0915. The van der Waals surface area contributed by atoms with Crippen molar-refractivity contribution in [2.45, 2.75) is 32.9 Å². The highest BCUT2D eigenvalue weighted by Gasteiger charge is 2.21. The lowest BCUT2D eigenvalue weighted by Gasteiger charge is -2.24. The molecule has 3 aromatic heterocycles. The third-order valence-corrected chi connectivity index (χ3v) is 5.81. The van der Waals surface area contributed by atoms with E-state index in [1.54, 1.807) is 23.9 Å². The molecule has 9 nitrogen and oxygen atoms in total. The van der Waals surface area contributed by atoms with Crippen molar-refractivity contribution >= 4 is 22.4 Å². The van der Waals surface area contributed by atoms with Crippen LogP contribution in [0.5, 0.6) is 0 Å². The maximum absolute atomic E-state index is 13.8. The van der Waals surface area contributed by atoms with E-state index in [0.717, 1.165) is 22.2 Å². The summed E-state index contributed by atoms with van der Waals surface area (Å²) in [6.45, 7) is 5.79. The first-order valence-electron chi connectivity index (χ1n) is 10.8. The fraction of sp³-hybridized carbons (Fsp3) is 0.240. The molecule has 0 saturated heterocycles. The average Bonchev–Trinajstić information content (AvgIpc) is 2.80. The van der Waals surface area contributed by atoms with Crippen molar-refractivity contribution in [3.63, 3.8) is 0 Å². The van der Waals surface area contributed by atoms with Gasteiger partial charge in [0.25, 0.3) is 5.56 Å². The van der Waals surface area contributed by atoms with Gasteiger partial charge in [-0.2, -0.15) is 5.26 Å². The van der Waals surface area contributed by atoms with Crippen LogP contribution >= 0.6 is 0 Å². The summed E-state index contributed by atoms with van der Waals surface area (Å²) < 4.78 is 3.23. The van der Waals surface area contributed by atoms with Crippen molar-refractivity contribution in [1.29, 1.82) is 5.26 Å². The number of nitrogens with one attached hydrogen (secondary N) is 1. The molecular formula is C25H25N7O2. The predicted octanol–water partition coefficient (Wildman–Crippen LogP) is 3.37. The van der Waals surface area contributed by atoms with Gasteiger partial charge in [0.1, 0.15) is 29.6 Å². The van der Waals surface area contributed by atoms with Crippen molar-refractivity contribution in [3.05, 3.63) is 80.9 Å². The molecule has 9 heteroatoms. The summed E-state index contributed by atoms with van der Waals surface area (Å²) in [4.78, 5) is 33.7. The van der Waals surface area contributed by atoms with Crippen molar-refractivity contribution < 1.29 is 0 Å². The molecule has 0 amide bonds. The van der Waals surface area contributed by atoms with Gasteiger partial charge in [-0.1, -0.05) is 18.2 Å². The topological polar surface area (TPSA) is 132 Å². The van der Waals surface area contributed by atoms with Crippen LogP contribution in [0.15, 0.2) is 58.5 Å². The molecule has 34 heavy (non-hydrogen) atoms. The number of nitriles is 1. The zero-order chi connectivity index (χ0) is 24.6. The number of nitrogens with two attached hydrogens (primary N) is 1. The molecule has 0 fully saturated rings. The van der Waals surface area contributed by atoms with Gasteiger partial charge >= 0.3 is 0 Å². The van der Waals surface area contributed by atoms with Crippen LogP contribution in [0.4, 0.5) is 11.6 Å². The second-order valence-corrected chi connectivity index (χ2v) is 8.44. The van der Waals surface area contributed by atoms with E-state index in [1.165, 1.54) is 17.0 Å². The predicted molar refractivity (Wildman–Crippen MR) is 132 cm³/mol. The van der Waals surface area contributed by atoms with Crippen LogP contribution in [0.1, 0.15) is 44.1 Å². The maximum atomic E-state index is 13.8. The van der Waals surface area contributed by atoms with Gasteiger partial charge in [0.05, 0.1) is 11.4 Å². The number of hydrogen-bond donors (Lipinski definition) is 2. The standard InChI is InChI=1S/C25H25N7O2/c1-14(2)32-20(15(3)30-24-19(11-26)23(27)28-13-29-24)10-16-6-5-7-18(22(16)25(32)34)17-8-9-21(33)31(4)12-17/h5-10,12-15H,1-4H3,(H3,27,28,29,30). The molecule has 1 atom stereocenters. The third kappa shape index (κ3) is 3.90. The Morgan fingerprint density at radius 3 is 2.56 bits per heavy atom. The van der Waals surface area contributed by atoms with Crippen molar-refractivity contribution in [2.24, 2.45) is 7.05 Å². The van der Waals surface area contributed by atoms with Gasteiger partial charge in [0.15, 0.2) is 0 Å². The molecule has 3 N–H and O–H groups in total. The molecule has 4 rings (SSSR count).